The largest absolute Gasteiger partial charge is 0.463 e. The number of hydrogen-bond acceptors (Lipinski definition) is 4. The fraction of sp³-hybridized carbons (Fsp3) is 0.778. The third-order valence-electron chi connectivity index (χ3n) is 1.45. The zero-order chi connectivity index (χ0) is 10.1. The summed E-state index contributed by atoms with van der Waals surface area (Å²) in [5.41, 5.74) is 0. The molecule has 0 aromatic heterocycles. The SMILES string of the molecule is CCCOC(=O)C(CCC)O[C]=O. The minimum Gasteiger partial charge on any atom is -0.463 e. The molecule has 0 aromatic rings. The van der Waals surface area contributed by atoms with E-state index >= 15 is 0 Å². The highest BCUT2D eigenvalue weighted by atomic mass is 16.6. The van der Waals surface area contributed by atoms with Crippen molar-refractivity contribution in [2.24, 2.45) is 0 Å². The first-order valence-electron chi connectivity index (χ1n) is 4.45. The standard InChI is InChI=1S/C9H15O4/c1-3-5-8(13-7-10)9(11)12-6-4-2/h8H,3-6H2,1-2H3. The normalized spacial score (nSPS) is 11.8. The Morgan fingerprint density at radius 2 is 2.08 bits per heavy atom. The minimum atomic E-state index is -0.783. The minimum absolute atomic E-state index is 0.362. The lowest BCUT2D eigenvalue weighted by atomic mass is 10.2. The van der Waals surface area contributed by atoms with Crippen molar-refractivity contribution in [2.45, 2.75) is 39.2 Å². The van der Waals surface area contributed by atoms with E-state index in [1.807, 2.05) is 13.8 Å². The van der Waals surface area contributed by atoms with Crippen LogP contribution < -0.4 is 0 Å². The summed E-state index contributed by atoms with van der Waals surface area (Å²) in [5, 5.41) is 0. The second-order valence-electron chi connectivity index (χ2n) is 2.65. The zero-order valence-electron chi connectivity index (χ0n) is 8.04. The predicted octanol–water partition coefficient (Wildman–Crippen LogP) is 1.19. The lowest BCUT2D eigenvalue weighted by molar-refractivity contribution is -0.153. The number of ether oxygens (including phenoxy) is 2. The summed E-state index contributed by atoms with van der Waals surface area (Å²) in [6.07, 6.45) is 1.22. The fourth-order valence-electron chi connectivity index (χ4n) is 0.841. The molecular weight excluding hydrogens is 172 g/mol. The van der Waals surface area contributed by atoms with E-state index in [2.05, 4.69) is 4.74 Å². The maximum atomic E-state index is 11.2. The first kappa shape index (κ1) is 11.9. The molecule has 0 heterocycles. The Kier molecular flexibility index (Phi) is 6.96. The van der Waals surface area contributed by atoms with E-state index in [1.165, 1.54) is 6.47 Å². The van der Waals surface area contributed by atoms with Gasteiger partial charge in [-0.1, -0.05) is 20.3 Å². The Morgan fingerprint density at radius 1 is 1.38 bits per heavy atom. The molecule has 1 unspecified atom stereocenters. The van der Waals surface area contributed by atoms with Crippen LogP contribution in [-0.2, 0) is 19.1 Å². The summed E-state index contributed by atoms with van der Waals surface area (Å²) in [7, 11) is 0. The number of hydrogen-bond donors (Lipinski definition) is 0. The molecule has 0 N–H and O–H groups in total. The highest BCUT2D eigenvalue weighted by Crippen LogP contribution is 2.03. The Bertz CT molecular complexity index is 156. The van der Waals surface area contributed by atoms with Crippen LogP contribution in [-0.4, -0.2) is 25.2 Å². The monoisotopic (exact) mass is 187 g/mol. The molecule has 0 saturated carbocycles. The highest BCUT2D eigenvalue weighted by Gasteiger charge is 2.20. The Labute approximate surface area is 78.2 Å². The van der Waals surface area contributed by atoms with Gasteiger partial charge in [-0.05, 0) is 12.8 Å². The maximum Gasteiger partial charge on any atom is 0.418 e. The van der Waals surface area contributed by atoms with Gasteiger partial charge in [0.2, 0.25) is 0 Å². The van der Waals surface area contributed by atoms with Crippen LogP contribution in [0.3, 0.4) is 0 Å². The Balaban J connectivity index is 3.87. The van der Waals surface area contributed by atoms with Crippen LogP contribution in [0.1, 0.15) is 33.1 Å². The first-order chi connectivity index (χ1) is 6.26. The van der Waals surface area contributed by atoms with Gasteiger partial charge >= 0.3 is 12.4 Å². The second-order valence-corrected chi connectivity index (χ2v) is 2.65. The molecule has 0 aliphatic rings. The van der Waals surface area contributed by atoms with E-state index in [0.29, 0.717) is 13.0 Å². The molecule has 0 bridgehead atoms. The molecule has 4 nitrogen and oxygen atoms in total. The molecule has 1 atom stereocenters. The van der Waals surface area contributed by atoms with Gasteiger partial charge in [0.15, 0.2) is 6.10 Å². The third-order valence-corrected chi connectivity index (χ3v) is 1.45. The lowest BCUT2D eigenvalue weighted by Crippen LogP contribution is -2.26. The molecule has 4 heteroatoms. The number of carbonyl (C=O) groups is 1. The quantitative estimate of drug-likeness (QED) is 0.562. The topological polar surface area (TPSA) is 52.6 Å². The van der Waals surface area contributed by atoms with Gasteiger partial charge in [-0.25, -0.2) is 9.59 Å². The molecule has 0 saturated heterocycles. The van der Waals surface area contributed by atoms with Gasteiger partial charge in [0.1, 0.15) is 0 Å². The summed E-state index contributed by atoms with van der Waals surface area (Å²) in [6.45, 7) is 5.42. The molecule has 0 spiro atoms. The van der Waals surface area contributed by atoms with E-state index in [-0.39, 0.29) is 0 Å². The molecule has 0 aromatic carbocycles. The van der Waals surface area contributed by atoms with Crippen LogP contribution in [0.2, 0.25) is 0 Å². The fourth-order valence-corrected chi connectivity index (χ4v) is 0.841. The molecule has 0 fully saturated rings. The van der Waals surface area contributed by atoms with Crippen LogP contribution in [0.15, 0.2) is 0 Å². The molecule has 1 radical (unpaired) electrons. The van der Waals surface area contributed by atoms with Crippen molar-refractivity contribution in [3.8, 4) is 0 Å². The van der Waals surface area contributed by atoms with E-state index in [4.69, 9.17) is 4.74 Å². The van der Waals surface area contributed by atoms with Crippen LogP contribution in [0, 0.1) is 0 Å². The van der Waals surface area contributed by atoms with Crippen LogP contribution in [0.5, 0.6) is 0 Å². The van der Waals surface area contributed by atoms with Crippen molar-refractivity contribution in [2.75, 3.05) is 6.61 Å². The molecular formula is C9H15O4. The smallest absolute Gasteiger partial charge is 0.418 e. The average Bonchev–Trinajstić information content (AvgIpc) is 2.14. The molecule has 0 amide bonds. The van der Waals surface area contributed by atoms with Gasteiger partial charge in [0.25, 0.3) is 0 Å². The Hall–Kier alpha value is -1.06. The molecule has 13 heavy (non-hydrogen) atoms. The highest BCUT2D eigenvalue weighted by molar-refractivity contribution is 5.75. The van der Waals surface area contributed by atoms with Crippen LogP contribution in [0.25, 0.3) is 0 Å². The number of carbonyl (C=O) groups excluding carboxylic acids is 2. The molecule has 0 aliphatic heterocycles. The van der Waals surface area contributed by atoms with Crippen molar-refractivity contribution in [3.05, 3.63) is 0 Å². The van der Waals surface area contributed by atoms with E-state index in [9.17, 15) is 9.59 Å². The van der Waals surface area contributed by atoms with Crippen LogP contribution in [0.4, 0.5) is 0 Å². The summed E-state index contributed by atoms with van der Waals surface area (Å²) < 4.78 is 9.28. The predicted molar refractivity (Wildman–Crippen MR) is 46.7 cm³/mol. The van der Waals surface area contributed by atoms with E-state index < -0.39 is 12.1 Å². The number of esters is 1. The third kappa shape index (κ3) is 5.22. The summed E-state index contributed by atoms with van der Waals surface area (Å²) in [5.74, 6) is -0.480. The van der Waals surface area contributed by atoms with Gasteiger partial charge in [0, 0.05) is 0 Å². The van der Waals surface area contributed by atoms with Crippen molar-refractivity contribution in [1.29, 1.82) is 0 Å². The van der Waals surface area contributed by atoms with E-state index in [1.54, 1.807) is 0 Å². The van der Waals surface area contributed by atoms with Crippen molar-refractivity contribution in [1.82, 2.24) is 0 Å². The second kappa shape index (κ2) is 7.58. The van der Waals surface area contributed by atoms with Gasteiger partial charge in [-0.2, -0.15) is 0 Å². The van der Waals surface area contributed by atoms with E-state index in [0.717, 1.165) is 12.8 Å². The lowest BCUT2D eigenvalue weighted by Gasteiger charge is -2.11. The zero-order valence-corrected chi connectivity index (χ0v) is 8.04. The summed E-state index contributed by atoms with van der Waals surface area (Å²) in [6, 6.07) is 0. The molecule has 75 valence electrons. The summed E-state index contributed by atoms with van der Waals surface area (Å²) in [4.78, 5) is 21.1. The number of rotatable bonds is 7. The molecule has 0 aliphatic carbocycles. The van der Waals surface area contributed by atoms with Gasteiger partial charge in [-0.3, -0.25) is 0 Å². The first-order valence-corrected chi connectivity index (χ1v) is 4.45. The maximum absolute atomic E-state index is 11.2. The summed E-state index contributed by atoms with van der Waals surface area (Å²) >= 11 is 0. The van der Waals surface area contributed by atoms with Crippen molar-refractivity contribution in [3.63, 3.8) is 0 Å². The van der Waals surface area contributed by atoms with Crippen molar-refractivity contribution >= 4 is 12.4 Å². The van der Waals surface area contributed by atoms with Crippen molar-refractivity contribution < 1.29 is 19.1 Å². The molecule has 0 rings (SSSR count). The average molecular weight is 187 g/mol. The van der Waals surface area contributed by atoms with Gasteiger partial charge in [0.05, 0.1) is 6.61 Å². The van der Waals surface area contributed by atoms with Gasteiger partial charge in [-0.15, -0.1) is 0 Å². The Morgan fingerprint density at radius 3 is 2.54 bits per heavy atom. The van der Waals surface area contributed by atoms with Crippen LogP contribution >= 0.6 is 0 Å². The van der Waals surface area contributed by atoms with Gasteiger partial charge < -0.3 is 9.47 Å².